The molecule has 1 aliphatic heterocycles. The SMILES string of the molecule is COc1ccc(C2C(C(N)=O)=C(C)Nc3nc(-c4cc(OC)c(OC)c(OC)c4)nn32)cc1. The first-order chi connectivity index (χ1) is 15.9. The van der Waals surface area contributed by atoms with Crippen molar-refractivity contribution in [2.45, 2.75) is 13.0 Å². The molecule has 2 aromatic carbocycles. The zero-order valence-electron chi connectivity index (χ0n) is 19.0. The van der Waals surface area contributed by atoms with Crippen molar-refractivity contribution in [2.75, 3.05) is 33.8 Å². The van der Waals surface area contributed by atoms with Crippen LogP contribution in [-0.2, 0) is 4.79 Å². The van der Waals surface area contributed by atoms with Crippen LogP contribution >= 0.6 is 0 Å². The van der Waals surface area contributed by atoms with E-state index < -0.39 is 11.9 Å². The van der Waals surface area contributed by atoms with Crippen LogP contribution in [-0.4, -0.2) is 49.1 Å². The van der Waals surface area contributed by atoms with E-state index in [0.717, 1.165) is 5.56 Å². The molecule has 0 fully saturated rings. The zero-order valence-corrected chi connectivity index (χ0v) is 19.0. The number of carbonyl (C=O) groups is 1. The lowest BCUT2D eigenvalue weighted by molar-refractivity contribution is -0.115. The lowest BCUT2D eigenvalue weighted by atomic mass is 9.95. The van der Waals surface area contributed by atoms with Crippen LogP contribution in [0.1, 0.15) is 18.5 Å². The number of rotatable bonds is 7. The number of nitrogens with two attached hydrogens (primary N) is 1. The molecule has 4 rings (SSSR count). The molecular formula is C23H25N5O5. The van der Waals surface area contributed by atoms with E-state index >= 15 is 0 Å². The van der Waals surface area contributed by atoms with Gasteiger partial charge in [0.25, 0.3) is 0 Å². The molecule has 0 saturated heterocycles. The third-order valence-electron chi connectivity index (χ3n) is 5.47. The van der Waals surface area contributed by atoms with Crippen LogP contribution in [0.2, 0.25) is 0 Å². The van der Waals surface area contributed by atoms with Crippen molar-refractivity contribution in [1.82, 2.24) is 14.8 Å². The Hall–Kier alpha value is -4.21. The Bertz CT molecular complexity index is 1210. The van der Waals surface area contributed by atoms with Crippen molar-refractivity contribution in [3.63, 3.8) is 0 Å². The van der Waals surface area contributed by atoms with Crippen LogP contribution < -0.4 is 30.0 Å². The molecule has 1 amide bonds. The van der Waals surface area contributed by atoms with Gasteiger partial charge in [0.2, 0.25) is 17.6 Å². The van der Waals surface area contributed by atoms with Crippen molar-refractivity contribution in [1.29, 1.82) is 0 Å². The second-order valence-corrected chi connectivity index (χ2v) is 7.32. The number of allylic oxidation sites excluding steroid dienone is 1. The predicted molar refractivity (Wildman–Crippen MR) is 122 cm³/mol. The molecule has 0 spiro atoms. The third kappa shape index (κ3) is 3.79. The van der Waals surface area contributed by atoms with Crippen LogP contribution in [0.25, 0.3) is 11.4 Å². The van der Waals surface area contributed by atoms with E-state index in [-0.39, 0.29) is 0 Å². The average molecular weight is 451 g/mol. The van der Waals surface area contributed by atoms with Gasteiger partial charge in [0.1, 0.15) is 11.8 Å². The number of primary amides is 1. The van der Waals surface area contributed by atoms with Crippen molar-refractivity contribution in [3.8, 4) is 34.4 Å². The van der Waals surface area contributed by atoms with Gasteiger partial charge in [0, 0.05) is 11.3 Å². The molecular weight excluding hydrogens is 426 g/mol. The quantitative estimate of drug-likeness (QED) is 0.562. The highest BCUT2D eigenvalue weighted by Gasteiger charge is 2.33. The predicted octanol–water partition coefficient (Wildman–Crippen LogP) is 2.75. The van der Waals surface area contributed by atoms with Crippen LogP contribution in [0, 0.1) is 0 Å². The smallest absolute Gasteiger partial charge is 0.248 e. The van der Waals surface area contributed by atoms with Gasteiger partial charge in [-0.1, -0.05) is 12.1 Å². The molecule has 172 valence electrons. The number of benzene rings is 2. The van der Waals surface area contributed by atoms with Gasteiger partial charge in [-0.25, -0.2) is 4.68 Å². The van der Waals surface area contributed by atoms with Crippen molar-refractivity contribution in [3.05, 3.63) is 53.2 Å². The van der Waals surface area contributed by atoms with Gasteiger partial charge in [-0.05, 0) is 36.8 Å². The molecule has 3 N–H and O–H groups in total. The minimum atomic E-state index is -0.562. The molecule has 10 heteroatoms. The summed E-state index contributed by atoms with van der Waals surface area (Å²) in [6.07, 6.45) is 0. The molecule has 2 heterocycles. The minimum Gasteiger partial charge on any atom is -0.497 e. The molecule has 1 aromatic heterocycles. The van der Waals surface area contributed by atoms with Gasteiger partial charge < -0.3 is 30.0 Å². The Kier molecular flexibility index (Phi) is 5.82. The van der Waals surface area contributed by atoms with Crippen LogP contribution in [0.4, 0.5) is 5.95 Å². The minimum absolute atomic E-state index is 0.397. The fourth-order valence-corrected chi connectivity index (χ4v) is 3.90. The van der Waals surface area contributed by atoms with E-state index in [9.17, 15) is 4.79 Å². The summed E-state index contributed by atoms with van der Waals surface area (Å²) in [5.41, 5.74) is 8.23. The summed E-state index contributed by atoms with van der Waals surface area (Å²) in [6.45, 7) is 1.79. The summed E-state index contributed by atoms with van der Waals surface area (Å²) < 4.78 is 23.2. The number of nitrogens with one attached hydrogen (secondary N) is 1. The summed E-state index contributed by atoms with van der Waals surface area (Å²) in [6, 6.07) is 10.4. The van der Waals surface area contributed by atoms with Crippen molar-refractivity contribution in [2.24, 2.45) is 5.73 Å². The first kappa shape index (κ1) is 22.0. The number of anilines is 1. The molecule has 3 aromatic rings. The van der Waals surface area contributed by atoms with E-state index in [2.05, 4.69) is 10.3 Å². The molecule has 0 radical (unpaired) electrons. The third-order valence-corrected chi connectivity index (χ3v) is 5.47. The first-order valence-corrected chi connectivity index (χ1v) is 10.1. The number of hydrogen-bond acceptors (Lipinski definition) is 8. The topological polar surface area (TPSA) is 123 Å². The lowest BCUT2D eigenvalue weighted by Gasteiger charge is -2.27. The van der Waals surface area contributed by atoms with E-state index in [1.165, 1.54) is 7.11 Å². The number of hydrogen-bond donors (Lipinski definition) is 2. The monoisotopic (exact) mass is 451 g/mol. The average Bonchev–Trinajstić information content (AvgIpc) is 3.25. The van der Waals surface area contributed by atoms with E-state index in [0.29, 0.717) is 51.6 Å². The van der Waals surface area contributed by atoms with E-state index in [4.69, 9.17) is 29.8 Å². The molecule has 33 heavy (non-hydrogen) atoms. The van der Waals surface area contributed by atoms with Crippen LogP contribution in [0.3, 0.4) is 0 Å². The van der Waals surface area contributed by atoms with Crippen molar-refractivity contribution < 1.29 is 23.7 Å². The summed E-state index contributed by atoms with van der Waals surface area (Å²) in [7, 11) is 6.22. The Morgan fingerprint density at radius 1 is 1.00 bits per heavy atom. The largest absolute Gasteiger partial charge is 0.497 e. The fraction of sp³-hybridized carbons (Fsp3) is 0.261. The van der Waals surface area contributed by atoms with E-state index in [1.54, 1.807) is 45.1 Å². The summed E-state index contributed by atoms with van der Waals surface area (Å²) in [5, 5.41) is 7.85. The van der Waals surface area contributed by atoms with Crippen molar-refractivity contribution >= 4 is 11.9 Å². The zero-order chi connectivity index (χ0) is 23.7. The highest BCUT2D eigenvalue weighted by atomic mass is 16.5. The number of carbonyl (C=O) groups excluding carboxylic acids is 1. The lowest BCUT2D eigenvalue weighted by Crippen LogP contribution is -2.31. The van der Waals surface area contributed by atoms with Gasteiger partial charge in [-0.15, -0.1) is 5.10 Å². The molecule has 0 saturated carbocycles. The van der Waals surface area contributed by atoms with E-state index in [1.807, 2.05) is 24.3 Å². The molecule has 1 atom stereocenters. The highest BCUT2D eigenvalue weighted by molar-refractivity contribution is 5.95. The van der Waals surface area contributed by atoms with Gasteiger partial charge in [0.15, 0.2) is 17.3 Å². The maximum atomic E-state index is 12.4. The number of ether oxygens (including phenoxy) is 4. The standard InChI is InChI=1S/C23H25N5O5/c1-12-18(21(24)29)19(13-6-8-15(30-2)9-7-13)28-23(25-12)26-22(27-28)14-10-16(31-3)20(33-5)17(11-14)32-4/h6-11,19H,1-5H3,(H2,24,29)(H,25,26,27). The maximum Gasteiger partial charge on any atom is 0.248 e. The van der Waals surface area contributed by atoms with Gasteiger partial charge in [0.05, 0.1) is 34.0 Å². The second-order valence-electron chi connectivity index (χ2n) is 7.32. The van der Waals surface area contributed by atoms with Gasteiger partial charge in [-0.3, -0.25) is 4.79 Å². The molecule has 1 aliphatic rings. The molecule has 1 unspecified atom stereocenters. The molecule has 0 bridgehead atoms. The number of fused-ring (bicyclic) bond motifs is 1. The maximum absolute atomic E-state index is 12.4. The van der Waals surface area contributed by atoms with Gasteiger partial charge in [-0.2, -0.15) is 4.98 Å². The number of amides is 1. The number of aromatic nitrogens is 3. The Labute approximate surface area is 190 Å². The number of nitrogens with zero attached hydrogens (tertiary/aromatic N) is 3. The Balaban J connectivity index is 1.86. The molecule has 0 aliphatic carbocycles. The summed E-state index contributed by atoms with van der Waals surface area (Å²) in [4.78, 5) is 17.0. The Morgan fingerprint density at radius 2 is 1.64 bits per heavy atom. The normalized spacial score (nSPS) is 14.9. The number of methoxy groups -OCH3 is 4. The fourth-order valence-electron chi connectivity index (χ4n) is 3.90. The first-order valence-electron chi connectivity index (χ1n) is 10.1. The highest BCUT2D eigenvalue weighted by Crippen LogP contribution is 2.42. The second kappa shape index (κ2) is 8.73. The van der Waals surface area contributed by atoms with Crippen LogP contribution in [0.15, 0.2) is 47.7 Å². The Morgan fingerprint density at radius 3 is 2.15 bits per heavy atom. The van der Waals surface area contributed by atoms with Gasteiger partial charge >= 0.3 is 0 Å². The summed E-state index contributed by atoms with van der Waals surface area (Å²) in [5.74, 6) is 2.46. The van der Waals surface area contributed by atoms with Crippen LogP contribution in [0.5, 0.6) is 23.0 Å². The molecule has 10 nitrogen and oxygen atoms in total. The summed E-state index contributed by atoms with van der Waals surface area (Å²) >= 11 is 0.